The number of hydrogen-bond donors (Lipinski definition) is 3. The molecule has 0 rings (SSSR count). The van der Waals surface area contributed by atoms with Crippen molar-refractivity contribution < 1.29 is 80.2 Å². The van der Waals surface area contributed by atoms with E-state index >= 15 is 0 Å². The van der Waals surface area contributed by atoms with E-state index in [1.807, 2.05) is 18.2 Å². The average molecular weight is 1550 g/mol. The van der Waals surface area contributed by atoms with Gasteiger partial charge in [0.25, 0.3) is 0 Å². The van der Waals surface area contributed by atoms with E-state index in [-0.39, 0.29) is 25.7 Å². The second-order valence-electron chi connectivity index (χ2n) is 26.9. The number of phosphoric acid groups is 2. The smallest absolute Gasteiger partial charge is 0.462 e. The minimum absolute atomic E-state index is 0.0243. The van der Waals surface area contributed by atoms with Crippen LogP contribution in [0.1, 0.15) is 310 Å². The Kier molecular flexibility index (Phi) is 75.4. The van der Waals surface area contributed by atoms with Crippen molar-refractivity contribution in [2.24, 2.45) is 0 Å². The quantitative estimate of drug-likeness (QED) is 0.0169. The molecule has 19 heteroatoms. The molecule has 0 aromatic carbocycles. The molecule has 0 saturated heterocycles. The molecule has 0 aliphatic heterocycles. The number of ether oxygens (including phenoxy) is 4. The molecule has 0 radical (unpaired) electrons. The summed E-state index contributed by atoms with van der Waals surface area (Å²) in [6.45, 7) is 4.47. The van der Waals surface area contributed by atoms with Crippen LogP contribution in [0, 0.1) is 0 Å². The topological polar surface area (TPSA) is 237 Å². The molecule has 0 aliphatic rings. The Labute approximate surface area is 654 Å². The van der Waals surface area contributed by atoms with Crippen LogP contribution in [0.3, 0.4) is 0 Å². The molecule has 5 atom stereocenters. The number of unbranched alkanes of at least 4 members (excludes halogenated alkanes) is 22. The zero-order valence-electron chi connectivity index (χ0n) is 67.2. The highest BCUT2D eigenvalue weighted by molar-refractivity contribution is 7.47. The average Bonchev–Trinajstić information content (AvgIpc) is 0.886. The molecule has 0 aromatic rings. The van der Waals surface area contributed by atoms with Crippen LogP contribution < -0.4 is 0 Å². The number of aliphatic hydroxyl groups is 1. The molecule has 17 nitrogen and oxygen atoms in total. The van der Waals surface area contributed by atoms with Gasteiger partial charge in [-0.25, -0.2) is 9.13 Å². The van der Waals surface area contributed by atoms with Crippen LogP contribution in [0.15, 0.2) is 170 Å². The summed E-state index contributed by atoms with van der Waals surface area (Å²) in [4.78, 5) is 73.1. The number of hydrogen-bond acceptors (Lipinski definition) is 15. The van der Waals surface area contributed by atoms with Gasteiger partial charge in [-0.2, -0.15) is 0 Å². The predicted octanol–water partition coefficient (Wildman–Crippen LogP) is 24.6. The molecule has 3 N–H and O–H groups in total. The molecule has 0 aliphatic carbocycles. The molecule has 0 bridgehead atoms. The molecule has 0 spiro atoms. The van der Waals surface area contributed by atoms with Gasteiger partial charge in [-0.1, -0.05) is 288 Å². The fourth-order valence-corrected chi connectivity index (χ4v) is 12.0. The van der Waals surface area contributed by atoms with Gasteiger partial charge >= 0.3 is 39.5 Å². The Hall–Kier alpha value is -5.58. The lowest BCUT2D eigenvalue weighted by molar-refractivity contribution is -0.161. The van der Waals surface area contributed by atoms with Gasteiger partial charge in [-0.15, -0.1) is 0 Å². The van der Waals surface area contributed by atoms with E-state index < -0.39 is 97.5 Å². The first kappa shape index (κ1) is 102. The second-order valence-corrected chi connectivity index (χ2v) is 29.8. The van der Waals surface area contributed by atoms with Crippen LogP contribution in [-0.4, -0.2) is 96.7 Å². The summed E-state index contributed by atoms with van der Waals surface area (Å²) in [6, 6.07) is 0. The molecule has 0 aromatic heterocycles. The number of carbonyl (C=O) groups is 4. The van der Waals surface area contributed by atoms with Crippen LogP contribution in [-0.2, 0) is 65.4 Å². The Balaban J connectivity index is 5.47. The summed E-state index contributed by atoms with van der Waals surface area (Å²) in [7, 11) is -10.0. The Morgan fingerprint density at radius 1 is 0.269 bits per heavy atom. The van der Waals surface area contributed by atoms with Crippen LogP contribution in [0.5, 0.6) is 0 Å². The molecule has 0 saturated carbocycles. The number of aliphatic hydroxyl groups excluding tert-OH is 1. The first-order valence-corrected chi connectivity index (χ1v) is 44.4. The maximum absolute atomic E-state index is 13.1. The van der Waals surface area contributed by atoms with Crippen molar-refractivity contribution in [1.29, 1.82) is 0 Å². The minimum atomic E-state index is -5.01. The van der Waals surface area contributed by atoms with Gasteiger partial charge in [0.2, 0.25) is 0 Å². The third-order valence-corrected chi connectivity index (χ3v) is 18.6. The van der Waals surface area contributed by atoms with Crippen molar-refractivity contribution in [1.82, 2.24) is 0 Å². The van der Waals surface area contributed by atoms with Gasteiger partial charge < -0.3 is 33.8 Å². The van der Waals surface area contributed by atoms with Crippen molar-refractivity contribution in [3.63, 3.8) is 0 Å². The molecular weight excluding hydrogens is 1400 g/mol. The largest absolute Gasteiger partial charge is 0.472 e. The van der Waals surface area contributed by atoms with Crippen LogP contribution in [0.2, 0.25) is 0 Å². The van der Waals surface area contributed by atoms with Gasteiger partial charge in [-0.3, -0.25) is 37.3 Å². The zero-order chi connectivity index (χ0) is 78.9. The van der Waals surface area contributed by atoms with E-state index in [0.29, 0.717) is 32.1 Å². The van der Waals surface area contributed by atoms with Gasteiger partial charge in [0.15, 0.2) is 12.2 Å². The Morgan fingerprint density at radius 2 is 0.500 bits per heavy atom. The lowest BCUT2D eigenvalue weighted by Crippen LogP contribution is -2.30. The lowest BCUT2D eigenvalue weighted by atomic mass is 10.1. The van der Waals surface area contributed by atoms with Crippen molar-refractivity contribution in [3.05, 3.63) is 170 Å². The predicted molar refractivity (Wildman–Crippen MR) is 445 cm³/mol. The van der Waals surface area contributed by atoms with Crippen LogP contribution in [0.4, 0.5) is 0 Å². The number of phosphoric ester groups is 2. The monoisotopic (exact) mass is 1550 g/mol. The van der Waals surface area contributed by atoms with Gasteiger partial charge in [0.1, 0.15) is 19.3 Å². The molecule has 0 fully saturated rings. The summed E-state index contributed by atoms with van der Waals surface area (Å²) in [6.07, 6.45) is 94.8. The molecule has 0 amide bonds. The highest BCUT2D eigenvalue weighted by Crippen LogP contribution is 2.45. The van der Waals surface area contributed by atoms with Crippen molar-refractivity contribution >= 4 is 39.5 Å². The first-order chi connectivity index (χ1) is 52.7. The normalized spacial score (nSPS) is 14.7. The van der Waals surface area contributed by atoms with Crippen LogP contribution in [0.25, 0.3) is 0 Å². The van der Waals surface area contributed by atoms with E-state index in [1.165, 1.54) is 44.9 Å². The summed E-state index contributed by atoms with van der Waals surface area (Å²) >= 11 is 0. The van der Waals surface area contributed by atoms with Gasteiger partial charge in [0, 0.05) is 25.7 Å². The van der Waals surface area contributed by atoms with Gasteiger partial charge in [0.05, 0.1) is 26.4 Å². The fraction of sp³-hybridized carbons (Fsp3) is 0.640. The highest BCUT2D eigenvalue weighted by Gasteiger charge is 2.30. The minimum Gasteiger partial charge on any atom is -0.462 e. The van der Waals surface area contributed by atoms with Crippen LogP contribution >= 0.6 is 15.6 Å². The maximum Gasteiger partial charge on any atom is 0.472 e. The van der Waals surface area contributed by atoms with Crippen molar-refractivity contribution in [2.45, 2.75) is 329 Å². The number of carbonyl (C=O) groups excluding carboxylic acids is 4. The molecule has 0 heterocycles. The number of rotatable bonds is 76. The van der Waals surface area contributed by atoms with E-state index in [0.717, 1.165) is 180 Å². The highest BCUT2D eigenvalue weighted by atomic mass is 31.2. The summed E-state index contributed by atoms with van der Waals surface area (Å²) < 4.78 is 68.6. The second kappa shape index (κ2) is 79.5. The standard InChI is InChI=1S/C89H146O17P2/c1-5-9-13-17-21-25-29-33-36-39-41-44-46-50-53-57-61-65-69-73-86(91)99-79-84(105-88(93)75-71-67-63-59-55-49-32-28-24-20-16-12-8-4)81-103-107(95,96)101-77-83(90)78-102-108(97,98)104-82-85(106-89(94)76-72-68-64-60-56-52-48-43-38-35-31-27-23-19-15-11-7-3)80-100-87(92)74-70-66-62-58-54-51-47-45-42-40-37-34-30-26-22-18-14-10-6-2/h10-11,14-15,21-23,25-28,32-38,41-42,44-45,48,51-52,54,62,66,83-85,90H,5-9,12-13,16-20,24,29-31,39-40,43,46-47,49-50,53,55-61,63-65,67-82H2,1-4H3,(H,95,96)(H,97,98)/b14-10-,15-11-,25-21-,26-22-,27-23-,32-28-,36-33-,37-34-,38-35-,44-41-,45-42-,52-48-,54-51-,66-62-. The van der Waals surface area contributed by atoms with E-state index in [9.17, 15) is 43.2 Å². The summed E-state index contributed by atoms with van der Waals surface area (Å²) in [5, 5.41) is 10.7. The van der Waals surface area contributed by atoms with E-state index in [2.05, 4.69) is 180 Å². The van der Waals surface area contributed by atoms with E-state index in [4.69, 9.17) is 37.0 Å². The Morgan fingerprint density at radius 3 is 0.824 bits per heavy atom. The fourth-order valence-electron chi connectivity index (χ4n) is 10.4. The lowest BCUT2D eigenvalue weighted by Gasteiger charge is -2.21. The molecular formula is C89H146O17P2. The maximum atomic E-state index is 13.1. The van der Waals surface area contributed by atoms with Crippen molar-refractivity contribution in [2.75, 3.05) is 39.6 Å². The molecule has 5 unspecified atom stereocenters. The summed E-state index contributed by atoms with van der Waals surface area (Å²) in [5.41, 5.74) is 0. The van der Waals surface area contributed by atoms with E-state index in [1.54, 1.807) is 0 Å². The third kappa shape index (κ3) is 78.5. The number of esters is 4. The number of allylic oxidation sites excluding steroid dienone is 28. The van der Waals surface area contributed by atoms with Gasteiger partial charge in [-0.05, 0) is 167 Å². The first-order valence-electron chi connectivity index (χ1n) is 41.4. The zero-order valence-corrected chi connectivity index (χ0v) is 69.0. The Bertz CT molecular complexity index is 2710. The molecule has 614 valence electrons. The molecule has 108 heavy (non-hydrogen) atoms. The third-order valence-electron chi connectivity index (χ3n) is 16.7. The SMILES string of the molecule is CC/C=C\C/C=C\C/C=C\C/C=C\C/C=C\C/C=C\CCC(=O)OCC(COP(=O)(O)OCC(O)COP(=O)(O)OCC(COC(=O)CCCCCCCC/C=C\C/C=C\C/C=C\CCCCC)OC(=O)CCCCCCC/C=C\CCCCCC)OC(=O)CCCCCC/C=C\C/C=C\C/C=C\C/C=C\CC. The summed E-state index contributed by atoms with van der Waals surface area (Å²) in [5.74, 6) is -2.33. The van der Waals surface area contributed by atoms with Crippen molar-refractivity contribution in [3.8, 4) is 0 Å².